The van der Waals surface area contributed by atoms with Crippen LogP contribution in [0.5, 0.6) is 0 Å². The fourth-order valence-corrected chi connectivity index (χ4v) is 2.97. The topological polar surface area (TPSA) is 32.3 Å². The lowest BCUT2D eigenvalue weighted by atomic mass is 9.82. The van der Waals surface area contributed by atoms with E-state index in [9.17, 15) is 18.0 Å². The number of piperidine rings is 1. The van der Waals surface area contributed by atoms with Gasteiger partial charge >= 0.3 is 6.18 Å². The Morgan fingerprint density at radius 1 is 1.33 bits per heavy atom. The minimum Gasteiger partial charge on any atom is -0.329 e. The monoisotopic (exact) mass is 320 g/mol. The highest BCUT2D eigenvalue weighted by Gasteiger charge is 2.44. The predicted octanol–water partition coefficient (Wildman–Crippen LogP) is 3.07. The van der Waals surface area contributed by atoms with Crippen molar-refractivity contribution in [2.75, 3.05) is 6.54 Å². The summed E-state index contributed by atoms with van der Waals surface area (Å²) in [6.07, 6.45) is -4.05. The molecule has 116 valence electrons. The molecule has 3 nitrogen and oxygen atoms in total. The van der Waals surface area contributed by atoms with Crippen LogP contribution in [0, 0.1) is 0 Å². The Bertz CT molecular complexity index is 495. The molecule has 0 bridgehead atoms. The zero-order valence-electron chi connectivity index (χ0n) is 11.4. The quantitative estimate of drug-likeness (QED) is 0.868. The number of alkyl halides is 3. The summed E-state index contributed by atoms with van der Waals surface area (Å²) in [6, 6.07) is 7.86. The number of carbonyl (C=O) groups excluding carboxylic acids is 1. The molecule has 1 aromatic rings. The highest BCUT2D eigenvalue weighted by molar-refractivity contribution is 6.15. The Kier molecular flexibility index (Phi) is 4.78. The van der Waals surface area contributed by atoms with Crippen molar-refractivity contribution in [2.45, 2.75) is 37.5 Å². The van der Waals surface area contributed by atoms with E-state index in [4.69, 9.17) is 11.8 Å². The molecule has 1 aliphatic rings. The molecule has 0 saturated carbocycles. The van der Waals surface area contributed by atoms with Crippen LogP contribution in [-0.2, 0) is 4.79 Å². The number of hydrogen-bond acceptors (Lipinski definition) is 2. The first kappa shape index (κ1) is 16.1. The maximum Gasteiger partial charge on any atom is 0.406 e. The lowest BCUT2D eigenvalue weighted by Gasteiger charge is -2.42. The van der Waals surface area contributed by atoms with E-state index in [1.54, 1.807) is 6.92 Å². The molecule has 1 saturated heterocycles. The average molecular weight is 321 g/mol. The number of nitrogens with one attached hydrogen (secondary N) is 1. The third-order valence-corrected chi connectivity index (χ3v) is 4.12. The van der Waals surface area contributed by atoms with Gasteiger partial charge in [-0.05, 0) is 30.7 Å². The highest BCUT2D eigenvalue weighted by atomic mass is 35.5. The molecule has 0 aliphatic carbocycles. The van der Waals surface area contributed by atoms with Gasteiger partial charge in [0, 0.05) is 12.0 Å². The first-order valence-electron chi connectivity index (χ1n) is 6.62. The minimum atomic E-state index is -4.43. The molecule has 1 aromatic carbocycles. The van der Waals surface area contributed by atoms with E-state index >= 15 is 0 Å². The summed E-state index contributed by atoms with van der Waals surface area (Å²) in [5.74, 6) is -0.801. The largest absolute Gasteiger partial charge is 0.406 e. The molecule has 1 amide bonds. The van der Waals surface area contributed by atoms with Crippen LogP contribution in [0.1, 0.15) is 24.8 Å². The van der Waals surface area contributed by atoms with Crippen LogP contribution >= 0.6 is 11.8 Å². The van der Waals surface area contributed by atoms with Gasteiger partial charge in [-0.25, -0.2) is 4.84 Å². The number of hydrogen-bond donors (Lipinski definition) is 1. The molecule has 0 aromatic heterocycles. The van der Waals surface area contributed by atoms with Crippen LogP contribution in [0.2, 0.25) is 0 Å². The molecular formula is C14H16ClF3N2O. The van der Waals surface area contributed by atoms with Crippen LogP contribution in [0.3, 0.4) is 0 Å². The van der Waals surface area contributed by atoms with Gasteiger partial charge in [-0.15, -0.1) is 0 Å². The summed E-state index contributed by atoms with van der Waals surface area (Å²) in [7, 11) is 0. The second kappa shape index (κ2) is 6.23. The molecule has 7 heteroatoms. The molecule has 2 rings (SSSR count). The van der Waals surface area contributed by atoms with E-state index < -0.39 is 30.7 Å². The summed E-state index contributed by atoms with van der Waals surface area (Å²) >= 11 is 5.53. The zero-order chi connectivity index (χ0) is 15.6. The van der Waals surface area contributed by atoms with Gasteiger partial charge in [-0.1, -0.05) is 30.3 Å². The number of halogens is 4. The Morgan fingerprint density at radius 2 is 1.95 bits per heavy atom. The van der Waals surface area contributed by atoms with E-state index in [0.29, 0.717) is 6.42 Å². The number of nitrogens with zero attached hydrogens (tertiary/aromatic N) is 1. The smallest absolute Gasteiger partial charge is 0.329 e. The molecule has 0 spiro atoms. The molecule has 1 unspecified atom stereocenters. The third-order valence-electron chi connectivity index (χ3n) is 3.85. The zero-order valence-corrected chi connectivity index (χ0v) is 12.2. The number of rotatable bonds is 3. The number of benzene rings is 1. The molecule has 1 heterocycles. The van der Waals surface area contributed by atoms with Gasteiger partial charge in [0.25, 0.3) is 0 Å². The van der Waals surface area contributed by atoms with Crippen molar-refractivity contribution >= 4 is 17.7 Å². The molecule has 1 fully saturated rings. The number of carbonyl (C=O) groups is 1. The van der Waals surface area contributed by atoms with Gasteiger partial charge in [-0.3, -0.25) is 4.79 Å². The Hall–Kier alpha value is -1.27. The first-order chi connectivity index (χ1) is 9.83. The maximum absolute atomic E-state index is 12.7. The lowest BCUT2D eigenvalue weighted by molar-refractivity contribution is -0.170. The Balaban J connectivity index is 2.29. The normalized spacial score (nSPS) is 27.0. The van der Waals surface area contributed by atoms with Gasteiger partial charge < -0.3 is 4.90 Å². The first-order valence-corrected chi connectivity index (χ1v) is 6.99. The summed E-state index contributed by atoms with van der Waals surface area (Å²) in [4.78, 5) is 15.3. The van der Waals surface area contributed by atoms with Gasteiger partial charge in [0.05, 0.1) is 0 Å². The van der Waals surface area contributed by atoms with E-state index in [1.807, 2.05) is 30.3 Å². The van der Waals surface area contributed by atoms with Crippen LogP contribution in [0.4, 0.5) is 13.2 Å². The van der Waals surface area contributed by atoms with Crippen molar-refractivity contribution < 1.29 is 18.0 Å². The van der Waals surface area contributed by atoms with Crippen molar-refractivity contribution in [3.8, 4) is 0 Å². The van der Waals surface area contributed by atoms with Gasteiger partial charge in [0.15, 0.2) is 0 Å². The highest BCUT2D eigenvalue weighted by Crippen LogP contribution is 2.35. The van der Waals surface area contributed by atoms with Gasteiger partial charge in [0.2, 0.25) is 5.91 Å². The van der Waals surface area contributed by atoms with Gasteiger partial charge in [-0.2, -0.15) is 13.2 Å². The SMILES string of the molecule is C[C@@H]1[C@H](c2ccccc2)CC(NCl)C(=O)N1CC(F)(F)F. The Morgan fingerprint density at radius 3 is 2.48 bits per heavy atom. The van der Waals surface area contributed by atoms with Crippen molar-refractivity contribution in [1.29, 1.82) is 0 Å². The summed E-state index contributed by atoms with van der Waals surface area (Å²) in [5, 5.41) is 0. The van der Waals surface area contributed by atoms with E-state index in [2.05, 4.69) is 4.84 Å². The molecule has 0 radical (unpaired) electrons. The summed E-state index contributed by atoms with van der Waals surface area (Å²) in [6.45, 7) is 0.386. The van der Waals surface area contributed by atoms with Crippen molar-refractivity contribution in [2.24, 2.45) is 0 Å². The fourth-order valence-electron chi connectivity index (χ4n) is 2.79. The number of likely N-dealkylation sites (tertiary alicyclic amines) is 1. The van der Waals surface area contributed by atoms with E-state index in [-0.39, 0.29) is 5.92 Å². The van der Waals surface area contributed by atoms with Crippen molar-refractivity contribution in [1.82, 2.24) is 9.74 Å². The lowest BCUT2D eigenvalue weighted by Crippen LogP contribution is -2.57. The van der Waals surface area contributed by atoms with Crippen molar-refractivity contribution in [3.63, 3.8) is 0 Å². The minimum absolute atomic E-state index is 0.192. The van der Waals surface area contributed by atoms with Gasteiger partial charge in [0.1, 0.15) is 12.6 Å². The van der Waals surface area contributed by atoms with Crippen LogP contribution in [0.15, 0.2) is 30.3 Å². The van der Waals surface area contributed by atoms with Crippen LogP contribution in [-0.4, -0.2) is 35.6 Å². The van der Waals surface area contributed by atoms with E-state index in [0.717, 1.165) is 10.5 Å². The maximum atomic E-state index is 12.7. The third kappa shape index (κ3) is 3.68. The van der Waals surface area contributed by atoms with E-state index in [1.165, 1.54) is 0 Å². The predicted molar refractivity (Wildman–Crippen MR) is 73.8 cm³/mol. The molecule has 1 aliphatic heterocycles. The molecule has 1 N–H and O–H groups in total. The molecule has 21 heavy (non-hydrogen) atoms. The van der Waals surface area contributed by atoms with Crippen molar-refractivity contribution in [3.05, 3.63) is 35.9 Å². The summed E-state index contributed by atoms with van der Waals surface area (Å²) < 4.78 is 38.1. The fraction of sp³-hybridized carbons (Fsp3) is 0.500. The molecular weight excluding hydrogens is 305 g/mol. The average Bonchev–Trinajstić information content (AvgIpc) is 2.44. The second-order valence-corrected chi connectivity index (χ2v) is 5.45. The second-order valence-electron chi connectivity index (χ2n) is 5.24. The molecule has 3 atom stereocenters. The summed E-state index contributed by atoms with van der Waals surface area (Å²) in [5.41, 5.74) is 0.904. The standard InChI is InChI=1S/C14H16ClF3N2O/c1-9-11(10-5-3-2-4-6-10)7-12(19-15)13(21)20(9)8-14(16,17)18/h2-6,9,11-12,19H,7-8H2,1H3/t9-,11-,12?/m1/s1. The van der Waals surface area contributed by atoms with Crippen LogP contribution in [0.25, 0.3) is 0 Å². The Labute approximate surface area is 126 Å². The number of amides is 1. The van der Waals surface area contributed by atoms with Crippen LogP contribution < -0.4 is 4.84 Å².